The normalized spacial score (nSPS) is 10.1. The van der Waals surface area contributed by atoms with Crippen molar-refractivity contribution < 1.29 is 0 Å². The first-order valence-corrected chi connectivity index (χ1v) is 7.61. The van der Waals surface area contributed by atoms with E-state index in [0.29, 0.717) is 0 Å². The second-order valence-electron chi connectivity index (χ2n) is 5.28. The van der Waals surface area contributed by atoms with Crippen LogP contribution in [0.25, 0.3) is 11.1 Å². The van der Waals surface area contributed by atoms with Crippen molar-refractivity contribution in [1.82, 2.24) is 0 Å². The van der Waals surface area contributed by atoms with Gasteiger partial charge in [0.25, 0.3) is 0 Å². The molecule has 112 valence electrons. The Morgan fingerprint density at radius 1 is 0.652 bits per heavy atom. The van der Waals surface area contributed by atoms with Gasteiger partial charge >= 0.3 is 0 Å². The Bertz CT molecular complexity index is 786. The molecule has 0 aliphatic heterocycles. The maximum Gasteiger partial charge on any atom is 0.0461 e. The van der Waals surface area contributed by atoms with Gasteiger partial charge < -0.3 is 4.90 Å². The molecule has 0 N–H and O–H groups in total. The lowest BCUT2D eigenvalue weighted by atomic mass is 10.1. The zero-order valence-electron chi connectivity index (χ0n) is 13.0. The van der Waals surface area contributed by atoms with E-state index in [9.17, 15) is 0 Å². The van der Waals surface area contributed by atoms with E-state index in [4.69, 9.17) is 0 Å². The first kappa shape index (κ1) is 14.9. The van der Waals surface area contributed by atoms with E-state index in [1.165, 1.54) is 11.1 Å². The Morgan fingerprint density at radius 3 is 1.70 bits per heavy atom. The second-order valence-corrected chi connectivity index (χ2v) is 5.28. The van der Waals surface area contributed by atoms with Gasteiger partial charge in [-0.25, -0.2) is 0 Å². The van der Waals surface area contributed by atoms with Crippen molar-refractivity contribution in [2.24, 2.45) is 0 Å². The van der Waals surface area contributed by atoms with Gasteiger partial charge in [0, 0.05) is 17.1 Å². The summed E-state index contributed by atoms with van der Waals surface area (Å²) in [7, 11) is 0. The highest BCUT2D eigenvalue weighted by molar-refractivity contribution is 5.73. The lowest BCUT2D eigenvalue weighted by Gasteiger charge is -2.25. The Hall–Kier alpha value is -3.06. The molecular formula is C22H19N. The summed E-state index contributed by atoms with van der Waals surface area (Å²) in [6, 6.07) is 29.1. The third-order valence-electron chi connectivity index (χ3n) is 3.77. The quantitative estimate of drug-likeness (QED) is 0.507. The molecule has 23 heavy (non-hydrogen) atoms. The van der Waals surface area contributed by atoms with Crippen LogP contribution in [0.1, 0.15) is 0 Å². The summed E-state index contributed by atoms with van der Waals surface area (Å²) in [5.74, 6) is 0. The molecule has 0 spiro atoms. The maximum atomic E-state index is 4.11. The molecule has 3 rings (SSSR count). The van der Waals surface area contributed by atoms with Crippen molar-refractivity contribution in [1.29, 1.82) is 0 Å². The largest absolute Gasteiger partial charge is 0.311 e. The summed E-state index contributed by atoms with van der Waals surface area (Å²) in [4.78, 5) is 2.10. The molecule has 0 amide bonds. The van der Waals surface area contributed by atoms with Crippen molar-refractivity contribution in [3.05, 3.63) is 110 Å². The van der Waals surface area contributed by atoms with E-state index < -0.39 is 0 Å². The minimum Gasteiger partial charge on any atom is -0.311 e. The third kappa shape index (κ3) is 3.24. The van der Waals surface area contributed by atoms with Gasteiger partial charge in [-0.1, -0.05) is 73.8 Å². The van der Waals surface area contributed by atoms with E-state index >= 15 is 0 Å². The van der Waals surface area contributed by atoms with Crippen LogP contribution in [0.3, 0.4) is 0 Å². The number of anilines is 2. The molecule has 0 unspecified atom stereocenters. The van der Waals surface area contributed by atoms with Crippen LogP contribution in [0.4, 0.5) is 11.4 Å². The summed E-state index contributed by atoms with van der Waals surface area (Å²) in [6.45, 7) is 7.97. The minimum atomic E-state index is 0.851. The first-order chi connectivity index (χ1) is 11.3. The van der Waals surface area contributed by atoms with Crippen LogP contribution in [0.5, 0.6) is 0 Å². The predicted molar refractivity (Wildman–Crippen MR) is 99.8 cm³/mol. The van der Waals surface area contributed by atoms with Crippen LogP contribution >= 0.6 is 0 Å². The van der Waals surface area contributed by atoms with Gasteiger partial charge in [0.1, 0.15) is 0 Å². The monoisotopic (exact) mass is 297 g/mol. The lowest BCUT2D eigenvalue weighted by molar-refractivity contribution is 1.22. The summed E-state index contributed by atoms with van der Waals surface area (Å²) in [6.07, 6.45) is 1.78. The summed E-state index contributed by atoms with van der Waals surface area (Å²) < 4.78 is 0. The van der Waals surface area contributed by atoms with E-state index in [-0.39, 0.29) is 0 Å². The van der Waals surface area contributed by atoms with E-state index in [1.807, 2.05) is 24.3 Å². The Morgan fingerprint density at radius 2 is 1.13 bits per heavy atom. The Balaban J connectivity index is 1.98. The highest BCUT2D eigenvalue weighted by Crippen LogP contribution is 2.31. The Labute approximate surface area is 137 Å². The molecule has 1 nitrogen and oxygen atoms in total. The number of para-hydroxylation sites is 1. The molecule has 0 saturated heterocycles. The molecule has 0 fully saturated rings. The van der Waals surface area contributed by atoms with E-state index in [1.54, 1.807) is 6.08 Å². The molecule has 0 aromatic heterocycles. The van der Waals surface area contributed by atoms with Gasteiger partial charge in [0.05, 0.1) is 0 Å². The maximum absolute atomic E-state index is 4.11. The fourth-order valence-corrected chi connectivity index (χ4v) is 2.58. The number of benzene rings is 3. The first-order valence-electron chi connectivity index (χ1n) is 7.61. The molecule has 0 aliphatic carbocycles. The van der Waals surface area contributed by atoms with Crippen molar-refractivity contribution in [2.75, 3.05) is 4.90 Å². The number of allylic oxidation sites excluding steroid dienone is 1. The molecule has 0 aliphatic rings. The van der Waals surface area contributed by atoms with Gasteiger partial charge in [0.2, 0.25) is 0 Å². The molecule has 3 aromatic rings. The van der Waals surface area contributed by atoms with Gasteiger partial charge in [-0.05, 0) is 41.5 Å². The number of hydrogen-bond acceptors (Lipinski definition) is 1. The van der Waals surface area contributed by atoms with E-state index in [2.05, 4.69) is 78.7 Å². The van der Waals surface area contributed by atoms with Crippen LogP contribution in [0.15, 0.2) is 110 Å². The van der Waals surface area contributed by atoms with Gasteiger partial charge in [-0.2, -0.15) is 0 Å². The minimum absolute atomic E-state index is 0.851. The van der Waals surface area contributed by atoms with Crippen molar-refractivity contribution in [2.45, 2.75) is 0 Å². The van der Waals surface area contributed by atoms with Crippen LogP contribution in [0, 0.1) is 0 Å². The molecule has 1 heteroatoms. The van der Waals surface area contributed by atoms with Gasteiger partial charge in [-0.3, -0.25) is 0 Å². The smallest absolute Gasteiger partial charge is 0.0461 e. The summed E-state index contributed by atoms with van der Waals surface area (Å²) in [5.41, 5.74) is 5.41. The van der Waals surface area contributed by atoms with Crippen LogP contribution in [0.2, 0.25) is 0 Å². The fraction of sp³-hybridized carbons (Fsp3) is 0. The van der Waals surface area contributed by atoms with Crippen LogP contribution in [-0.4, -0.2) is 0 Å². The summed E-state index contributed by atoms with van der Waals surface area (Å²) >= 11 is 0. The number of nitrogens with zero attached hydrogens (tertiary/aromatic N) is 1. The van der Waals surface area contributed by atoms with Crippen molar-refractivity contribution in [3.63, 3.8) is 0 Å². The topological polar surface area (TPSA) is 3.24 Å². The highest BCUT2D eigenvalue weighted by atomic mass is 15.1. The molecule has 0 bridgehead atoms. The average Bonchev–Trinajstić information content (AvgIpc) is 2.64. The third-order valence-corrected chi connectivity index (χ3v) is 3.77. The van der Waals surface area contributed by atoms with Crippen LogP contribution < -0.4 is 4.90 Å². The zero-order valence-corrected chi connectivity index (χ0v) is 13.0. The van der Waals surface area contributed by atoms with Crippen LogP contribution in [-0.2, 0) is 0 Å². The molecule has 3 aromatic carbocycles. The van der Waals surface area contributed by atoms with Gasteiger partial charge in [0.15, 0.2) is 0 Å². The summed E-state index contributed by atoms with van der Waals surface area (Å²) in [5, 5.41) is 0. The Kier molecular flexibility index (Phi) is 4.39. The predicted octanol–water partition coefficient (Wildman–Crippen LogP) is 6.19. The average molecular weight is 297 g/mol. The number of rotatable bonds is 5. The number of hydrogen-bond donors (Lipinski definition) is 0. The SMILES string of the molecule is C=CC(=C)N(c1ccccc1)c1ccc(-c2ccccc2)cc1. The van der Waals surface area contributed by atoms with Crippen molar-refractivity contribution in [3.8, 4) is 11.1 Å². The van der Waals surface area contributed by atoms with Gasteiger partial charge in [-0.15, -0.1) is 0 Å². The second kappa shape index (κ2) is 6.80. The molecule has 0 heterocycles. The molecule has 0 atom stereocenters. The van der Waals surface area contributed by atoms with E-state index in [0.717, 1.165) is 17.1 Å². The standard InChI is InChI=1S/C22H19N/c1-3-18(2)23(21-12-8-5-9-13-21)22-16-14-20(15-17-22)19-10-6-4-7-11-19/h3-17H,1-2H2. The molecule has 0 radical (unpaired) electrons. The highest BCUT2D eigenvalue weighted by Gasteiger charge is 2.10. The van der Waals surface area contributed by atoms with Crippen molar-refractivity contribution >= 4 is 11.4 Å². The zero-order chi connectivity index (χ0) is 16.1. The lowest BCUT2D eigenvalue weighted by Crippen LogP contribution is -2.13. The molecular weight excluding hydrogens is 278 g/mol. The fourth-order valence-electron chi connectivity index (χ4n) is 2.58. The molecule has 0 saturated carbocycles.